The summed E-state index contributed by atoms with van der Waals surface area (Å²) in [5.74, 6) is 3.19. The molecule has 0 aromatic heterocycles. The summed E-state index contributed by atoms with van der Waals surface area (Å²) in [4.78, 5) is 18.4. The van der Waals surface area contributed by atoms with Crippen LogP contribution in [0.2, 0.25) is 0 Å². The maximum Gasteiger partial charge on any atom is 0.231 e. The molecule has 6 nitrogen and oxygen atoms in total. The molecule has 5 saturated heterocycles. The van der Waals surface area contributed by atoms with Crippen LogP contribution in [0.1, 0.15) is 37.2 Å². The topological polar surface area (TPSA) is 51.2 Å². The standard InChI is InChI=1S/C22H28N2O4/c25-22(15-5-9-26-10-6-15)24-12-17(16-1-2-18-19(11-16)28-13-27-18)21-20(24)14-3-7-23(21)8-4-14/h1-2,11,14-15,17,20-21H,3-10,12-13H2/t17-,20-,21-/m1/s1. The predicted octanol–water partition coefficient (Wildman–Crippen LogP) is 2.23. The van der Waals surface area contributed by atoms with E-state index in [0.29, 0.717) is 36.6 Å². The minimum absolute atomic E-state index is 0.139. The maximum absolute atomic E-state index is 13.5. The number of benzene rings is 1. The summed E-state index contributed by atoms with van der Waals surface area (Å²) in [6.45, 7) is 4.92. The van der Waals surface area contributed by atoms with Gasteiger partial charge in [0.05, 0.1) is 6.04 Å². The Bertz CT molecular complexity index is 770. The summed E-state index contributed by atoms with van der Waals surface area (Å²) in [5.41, 5.74) is 1.29. The molecule has 0 aliphatic carbocycles. The highest BCUT2D eigenvalue weighted by Crippen LogP contribution is 2.48. The Morgan fingerprint density at radius 2 is 1.75 bits per heavy atom. The largest absolute Gasteiger partial charge is 0.454 e. The summed E-state index contributed by atoms with van der Waals surface area (Å²) >= 11 is 0. The van der Waals surface area contributed by atoms with Gasteiger partial charge in [0.15, 0.2) is 11.5 Å². The summed E-state index contributed by atoms with van der Waals surface area (Å²) < 4.78 is 16.6. The van der Waals surface area contributed by atoms with E-state index in [-0.39, 0.29) is 5.92 Å². The number of likely N-dealkylation sites (tertiary alicyclic amines) is 1. The lowest BCUT2D eigenvalue weighted by Crippen LogP contribution is -2.61. The number of rotatable bonds is 2. The molecule has 0 radical (unpaired) electrons. The second-order valence-corrected chi connectivity index (χ2v) is 8.95. The second-order valence-electron chi connectivity index (χ2n) is 8.95. The Balaban J connectivity index is 1.34. The fraction of sp³-hybridized carbons (Fsp3) is 0.682. The van der Waals surface area contributed by atoms with E-state index in [4.69, 9.17) is 14.2 Å². The monoisotopic (exact) mass is 384 g/mol. The summed E-state index contributed by atoms with van der Waals surface area (Å²) in [6, 6.07) is 7.17. The third kappa shape index (κ3) is 2.57. The number of carbonyl (C=O) groups is 1. The van der Waals surface area contributed by atoms with Crippen molar-refractivity contribution in [3.05, 3.63) is 23.8 Å². The molecular weight excluding hydrogens is 356 g/mol. The van der Waals surface area contributed by atoms with Gasteiger partial charge in [0.2, 0.25) is 12.7 Å². The van der Waals surface area contributed by atoms with Crippen molar-refractivity contribution in [2.45, 2.75) is 43.7 Å². The van der Waals surface area contributed by atoms with Crippen molar-refractivity contribution in [1.29, 1.82) is 0 Å². The minimum Gasteiger partial charge on any atom is -0.454 e. The quantitative estimate of drug-likeness (QED) is 0.783. The van der Waals surface area contributed by atoms with Crippen LogP contribution >= 0.6 is 0 Å². The molecular formula is C22H28N2O4. The van der Waals surface area contributed by atoms with E-state index in [0.717, 1.165) is 44.1 Å². The normalized spacial score (nSPS) is 36.6. The Hall–Kier alpha value is -1.79. The van der Waals surface area contributed by atoms with E-state index in [1.165, 1.54) is 31.5 Å². The van der Waals surface area contributed by atoms with Crippen LogP contribution in [0.5, 0.6) is 11.5 Å². The van der Waals surface area contributed by atoms with E-state index in [1.54, 1.807) is 0 Å². The number of hydrogen-bond donors (Lipinski definition) is 0. The van der Waals surface area contributed by atoms with Gasteiger partial charge in [0.1, 0.15) is 0 Å². The maximum atomic E-state index is 13.5. The zero-order valence-electron chi connectivity index (χ0n) is 16.2. The van der Waals surface area contributed by atoms with Gasteiger partial charge in [-0.15, -0.1) is 0 Å². The first-order valence-corrected chi connectivity index (χ1v) is 10.8. The molecule has 1 aromatic carbocycles. The Kier molecular flexibility index (Phi) is 4.05. The van der Waals surface area contributed by atoms with Crippen molar-refractivity contribution in [3.8, 4) is 11.5 Å². The van der Waals surface area contributed by atoms with E-state index in [2.05, 4.69) is 21.9 Å². The number of ether oxygens (including phenoxy) is 3. The van der Waals surface area contributed by atoms with E-state index in [9.17, 15) is 4.79 Å². The van der Waals surface area contributed by atoms with Gasteiger partial charge in [-0.2, -0.15) is 0 Å². The summed E-state index contributed by atoms with van der Waals surface area (Å²) in [5, 5.41) is 0. The molecule has 0 N–H and O–H groups in total. The summed E-state index contributed by atoms with van der Waals surface area (Å²) in [7, 11) is 0. The van der Waals surface area contributed by atoms with Gasteiger partial charge in [-0.05, 0) is 62.4 Å². The molecule has 3 atom stereocenters. The van der Waals surface area contributed by atoms with E-state index in [1.807, 2.05) is 6.07 Å². The van der Waals surface area contributed by atoms with Gasteiger partial charge < -0.3 is 19.1 Å². The molecule has 2 bridgehead atoms. The average Bonchev–Trinajstić information content (AvgIpc) is 3.40. The fourth-order valence-electron chi connectivity index (χ4n) is 6.29. The van der Waals surface area contributed by atoms with Crippen molar-refractivity contribution in [1.82, 2.24) is 9.80 Å². The first-order chi connectivity index (χ1) is 13.8. The van der Waals surface area contributed by atoms with Crippen molar-refractivity contribution in [3.63, 3.8) is 0 Å². The van der Waals surface area contributed by atoms with Gasteiger partial charge in [0, 0.05) is 37.6 Å². The van der Waals surface area contributed by atoms with Gasteiger partial charge >= 0.3 is 0 Å². The number of nitrogens with zero attached hydrogens (tertiary/aromatic N) is 2. The molecule has 0 spiro atoms. The zero-order chi connectivity index (χ0) is 18.7. The SMILES string of the molecule is O=C(C1CCOCC1)N1C[C@H](c2ccc3c(c2)OCO3)[C@@H]2[C@H]1C1CCN2CC1. The number of fused-ring (bicyclic) bond motifs is 3. The molecule has 6 heterocycles. The highest BCUT2D eigenvalue weighted by atomic mass is 16.7. The first-order valence-electron chi connectivity index (χ1n) is 10.8. The Morgan fingerprint density at radius 3 is 2.57 bits per heavy atom. The highest BCUT2D eigenvalue weighted by molar-refractivity contribution is 5.80. The number of piperidine rings is 3. The second kappa shape index (κ2) is 6.63. The lowest BCUT2D eigenvalue weighted by atomic mass is 9.75. The lowest BCUT2D eigenvalue weighted by Gasteiger charge is -2.51. The van der Waals surface area contributed by atoms with Gasteiger partial charge in [-0.1, -0.05) is 6.07 Å². The van der Waals surface area contributed by atoms with Crippen molar-refractivity contribution < 1.29 is 19.0 Å². The number of hydrogen-bond acceptors (Lipinski definition) is 5. The third-order valence-corrected chi connectivity index (χ3v) is 7.67. The predicted molar refractivity (Wildman–Crippen MR) is 102 cm³/mol. The molecule has 150 valence electrons. The van der Waals surface area contributed by atoms with Gasteiger partial charge in [-0.3, -0.25) is 9.69 Å². The fourth-order valence-corrected chi connectivity index (χ4v) is 6.29. The number of carbonyl (C=O) groups excluding carboxylic acids is 1. The highest BCUT2D eigenvalue weighted by Gasteiger charge is 2.55. The molecule has 1 aromatic rings. The molecule has 1 amide bonds. The summed E-state index contributed by atoms with van der Waals surface area (Å²) in [6.07, 6.45) is 4.20. The zero-order valence-corrected chi connectivity index (χ0v) is 16.2. The smallest absolute Gasteiger partial charge is 0.231 e. The Morgan fingerprint density at radius 1 is 0.964 bits per heavy atom. The average molecular weight is 384 g/mol. The van der Waals surface area contributed by atoms with Gasteiger partial charge in [0.25, 0.3) is 0 Å². The lowest BCUT2D eigenvalue weighted by molar-refractivity contribution is -0.143. The van der Waals surface area contributed by atoms with Crippen LogP contribution < -0.4 is 9.47 Å². The third-order valence-electron chi connectivity index (χ3n) is 7.67. The van der Waals surface area contributed by atoms with Crippen LogP contribution in [0.15, 0.2) is 18.2 Å². The van der Waals surface area contributed by atoms with Crippen LogP contribution in [0.25, 0.3) is 0 Å². The molecule has 0 unspecified atom stereocenters. The molecule has 5 fully saturated rings. The minimum atomic E-state index is 0.139. The van der Waals surface area contributed by atoms with E-state index >= 15 is 0 Å². The number of amides is 1. The molecule has 6 heteroatoms. The molecule has 6 aliphatic heterocycles. The van der Waals surface area contributed by atoms with Crippen LogP contribution in [-0.4, -0.2) is 67.4 Å². The van der Waals surface area contributed by atoms with E-state index < -0.39 is 0 Å². The molecule has 6 aliphatic rings. The van der Waals surface area contributed by atoms with Crippen LogP contribution in [0.3, 0.4) is 0 Å². The van der Waals surface area contributed by atoms with Crippen molar-refractivity contribution in [2.24, 2.45) is 11.8 Å². The molecule has 7 rings (SSSR count). The van der Waals surface area contributed by atoms with Crippen molar-refractivity contribution >= 4 is 5.91 Å². The molecule has 0 saturated carbocycles. The van der Waals surface area contributed by atoms with Crippen LogP contribution in [0, 0.1) is 11.8 Å². The van der Waals surface area contributed by atoms with Gasteiger partial charge in [-0.25, -0.2) is 0 Å². The van der Waals surface area contributed by atoms with Crippen molar-refractivity contribution in [2.75, 3.05) is 39.6 Å². The molecule has 28 heavy (non-hydrogen) atoms. The van der Waals surface area contributed by atoms with Crippen LogP contribution in [0.4, 0.5) is 0 Å². The first kappa shape index (κ1) is 17.1. The van der Waals surface area contributed by atoms with Crippen LogP contribution in [-0.2, 0) is 9.53 Å². The Labute approximate surface area is 165 Å².